The lowest BCUT2D eigenvalue weighted by molar-refractivity contribution is -0.114. The first-order valence-electron chi connectivity index (χ1n) is 8.48. The maximum atomic E-state index is 12.6. The number of primary amides is 1. The molecule has 26 heavy (non-hydrogen) atoms. The molecule has 1 aromatic carbocycles. The lowest BCUT2D eigenvalue weighted by Gasteiger charge is -2.18. The molecule has 7 heteroatoms. The number of thiophene rings is 1. The molecule has 0 spiro atoms. The third-order valence-electron chi connectivity index (χ3n) is 4.45. The fourth-order valence-electron chi connectivity index (χ4n) is 3.18. The highest BCUT2D eigenvalue weighted by atomic mass is 32.1. The number of hydrogen-bond acceptors (Lipinski definition) is 4. The molecule has 0 radical (unpaired) electrons. The fourth-order valence-corrected chi connectivity index (χ4v) is 4.59. The number of carbonyl (C=O) groups is 3. The third-order valence-corrected chi connectivity index (χ3v) is 5.62. The van der Waals surface area contributed by atoms with Crippen LogP contribution in [0.3, 0.4) is 0 Å². The van der Waals surface area contributed by atoms with Crippen LogP contribution in [0, 0.1) is 5.92 Å². The molecule has 1 aliphatic rings. The van der Waals surface area contributed by atoms with Gasteiger partial charge >= 0.3 is 0 Å². The van der Waals surface area contributed by atoms with Crippen molar-refractivity contribution in [2.75, 3.05) is 10.6 Å². The van der Waals surface area contributed by atoms with E-state index in [1.165, 1.54) is 18.3 Å². The molecule has 6 nitrogen and oxygen atoms in total. The van der Waals surface area contributed by atoms with Crippen molar-refractivity contribution in [3.05, 3.63) is 45.8 Å². The van der Waals surface area contributed by atoms with Crippen LogP contribution in [0.4, 0.5) is 10.7 Å². The minimum absolute atomic E-state index is 0.174. The molecule has 1 aromatic heterocycles. The van der Waals surface area contributed by atoms with Crippen LogP contribution < -0.4 is 16.4 Å². The Morgan fingerprint density at radius 2 is 1.85 bits per heavy atom. The third kappa shape index (κ3) is 3.77. The minimum Gasteiger partial charge on any atom is -0.365 e. The maximum absolute atomic E-state index is 12.6. The summed E-state index contributed by atoms with van der Waals surface area (Å²) in [6.45, 7) is 3.60. The van der Waals surface area contributed by atoms with Gasteiger partial charge < -0.3 is 16.4 Å². The summed E-state index contributed by atoms with van der Waals surface area (Å²) < 4.78 is 0. The van der Waals surface area contributed by atoms with Gasteiger partial charge in [-0.15, -0.1) is 11.3 Å². The molecule has 3 amide bonds. The van der Waals surface area contributed by atoms with Crippen molar-refractivity contribution in [3.63, 3.8) is 0 Å². The van der Waals surface area contributed by atoms with E-state index in [-0.39, 0.29) is 11.8 Å². The molecule has 0 saturated heterocycles. The molecule has 136 valence electrons. The second-order valence-corrected chi connectivity index (χ2v) is 7.74. The average Bonchev–Trinajstić information content (AvgIpc) is 2.91. The van der Waals surface area contributed by atoms with Crippen LogP contribution in [0.1, 0.15) is 51.4 Å². The summed E-state index contributed by atoms with van der Waals surface area (Å²) in [4.78, 5) is 36.7. The normalized spacial score (nSPS) is 15.8. The lowest BCUT2D eigenvalue weighted by Crippen LogP contribution is -2.19. The Morgan fingerprint density at radius 3 is 2.46 bits per heavy atom. The topological polar surface area (TPSA) is 101 Å². The van der Waals surface area contributed by atoms with E-state index in [0.29, 0.717) is 27.7 Å². The van der Waals surface area contributed by atoms with Gasteiger partial charge in [0.25, 0.3) is 11.8 Å². The summed E-state index contributed by atoms with van der Waals surface area (Å²) in [6, 6.07) is 6.57. The number of amides is 3. The quantitative estimate of drug-likeness (QED) is 0.769. The monoisotopic (exact) mass is 371 g/mol. The Hall–Kier alpha value is -2.67. The largest absolute Gasteiger partial charge is 0.365 e. The number of carbonyl (C=O) groups excluding carboxylic acids is 3. The van der Waals surface area contributed by atoms with Gasteiger partial charge in [0.2, 0.25) is 5.91 Å². The Kier molecular flexibility index (Phi) is 5.08. The van der Waals surface area contributed by atoms with Crippen LogP contribution in [0.15, 0.2) is 24.3 Å². The maximum Gasteiger partial charge on any atom is 0.256 e. The Morgan fingerprint density at radius 1 is 1.15 bits per heavy atom. The highest BCUT2D eigenvalue weighted by molar-refractivity contribution is 7.17. The Bertz CT molecular complexity index is 871. The van der Waals surface area contributed by atoms with Crippen LogP contribution >= 0.6 is 11.3 Å². The standard InChI is InChI=1S/C19H21N3O3S/c1-10-3-8-14-15(9-10)26-19(16(14)17(20)24)22-18(25)12-4-6-13(7-5-12)21-11(2)23/h4-7,10H,3,8-9H2,1-2H3,(H2,20,24)(H,21,23)(H,22,25)/t10-/m1/s1. The van der Waals surface area contributed by atoms with Gasteiger partial charge in [0.1, 0.15) is 5.00 Å². The van der Waals surface area contributed by atoms with Gasteiger partial charge in [-0.25, -0.2) is 0 Å². The fraction of sp³-hybridized carbons (Fsp3) is 0.316. The molecule has 3 rings (SSSR count). The highest BCUT2D eigenvalue weighted by Gasteiger charge is 2.27. The second-order valence-electron chi connectivity index (χ2n) is 6.63. The minimum atomic E-state index is -0.506. The highest BCUT2D eigenvalue weighted by Crippen LogP contribution is 2.39. The molecule has 1 atom stereocenters. The summed E-state index contributed by atoms with van der Waals surface area (Å²) in [6.07, 6.45) is 2.73. The second kappa shape index (κ2) is 7.29. The van der Waals surface area contributed by atoms with Crippen molar-refractivity contribution < 1.29 is 14.4 Å². The molecule has 0 fully saturated rings. The number of anilines is 2. The van der Waals surface area contributed by atoms with E-state index in [4.69, 9.17) is 5.73 Å². The van der Waals surface area contributed by atoms with Crippen LogP contribution in [-0.2, 0) is 17.6 Å². The van der Waals surface area contributed by atoms with E-state index in [1.54, 1.807) is 24.3 Å². The molecule has 0 aliphatic heterocycles. The zero-order valence-electron chi connectivity index (χ0n) is 14.7. The Balaban J connectivity index is 1.83. The molecule has 0 unspecified atom stereocenters. The summed E-state index contributed by atoms with van der Waals surface area (Å²) in [7, 11) is 0. The van der Waals surface area contributed by atoms with Crippen LogP contribution in [0.5, 0.6) is 0 Å². The molecule has 1 aliphatic carbocycles. The predicted octanol–water partition coefficient (Wildman–Crippen LogP) is 3.18. The first-order valence-corrected chi connectivity index (χ1v) is 9.30. The number of fused-ring (bicyclic) bond motifs is 1. The van der Waals surface area contributed by atoms with E-state index in [1.807, 2.05) is 0 Å². The van der Waals surface area contributed by atoms with Crippen LogP contribution in [0.2, 0.25) is 0 Å². The van der Waals surface area contributed by atoms with Crippen molar-refractivity contribution in [3.8, 4) is 0 Å². The van der Waals surface area contributed by atoms with Crippen molar-refractivity contribution in [1.29, 1.82) is 0 Å². The van der Waals surface area contributed by atoms with E-state index < -0.39 is 5.91 Å². The van der Waals surface area contributed by atoms with Gasteiger partial charge in [-0.2, -0.15) is 0 Å². The number of benzene rings is 1. The molecule has 0 saturated carbocycles. The molecular weight excluding hydrogens is 350 g/mol. The van der Waals surface area contributed by atoms with Crippen molar-refractivity contribution in [1.82, 2.24) is 0 Å². The zero-order chi connectivity index (χ0) is 18.8. The van der Waals surface area contributed by atoms with Gasteiger partial charge in [0, 0.05) is 23.1 Å². The first-order chi connectivity index (χ1) is 12.3. The summed E-state index contributed by atoms with van der Waals surface area (Å²) >= 11 is 1.44. The first kappa shape index (κ1) is 18.1. The van der Waals surface area contributed by atoms with Crippen LogP contribution in [-0.4, -0.2) is 17.7 Å². The van der Waals surface area contributed by atoms with Gasteiger partial charge in [0.05, 0.1) is 5.56 Å². The van der Waals surface area contributed by atoms with E-state index in [9.17, 15) is 14.4 Å². The number of hydrogen-bond donors (Lipinski definition) is 3. The SMILES string of the molecule is CC(=O)Nc1ccc(C(=O)Nc2sc3c(c2C(N)=O)CC[C@@H](C)C3)cc1. The summed E-state index contributed by atoms with van der Waals surface area (Å²) in [5.74, 6) is -0.430. The van der Waals surface area contributed by atoms with Gasteiger partial charge in [-0.1, -0.05) is 6.92 Å². The van der Waals surface area contributed by atoms with Crippen molar-refractivity contribution in [2.24, 2.45) is 11.7 Å². The van der Waals surface area contributed by atoms with Crippen molar-refractivity contribution in [2.45, 2.75) is 33.1 Å². The van der Waals surface area contributed by atoms with E-state index >= 15 is 0 Å². The zero-order valence-corrected chi connectivity index (χ0v) is 15.5. The lowest BCUT2D eigenvalue weighted by atomic mass is 9.88. The van der Waals surface area contributed by atoms with E-state index in [0.717, 1.165) is 29.7 Å². The molecular formula is C19H21N3O3S. The Labute approximate surface area is 155 Å². The molecule has 4 N–H and O–H groups in total. The number of nitrogens with one attached hydrogen (secondary N) is 2. The number of nitrogens with two attached hydrogens (primary N) is 1. The van der Waals surface area contributed by atoms with E-state index in [2.05, 4.69) is 17.6 Å². The summed E-state index contributed by atoms with van der Waals surface area (Å²) in [5.41, 5.74) is 8.06. The number of rotatable bonds is 4. The smallest absolute Gasteiger partial charge is 0.256 e. The van der Waals surface area contributed by atoms with Crippen molar-refractivity contribution >= 4 is 39.7 Å². The van der Waals surface area contributed by atoms with Gasteiger partial charge in [-0.05, 0) is 55.0 Å². The predicted molar refractivity (Wildman–Crippen MR) is 103 cm³/mol. The molecule has 1 heterocycles. The van der Waals surface area contributed by atoms with Crippen LogP contribution in [0.25, 0.3) is 0 Å². The van der Waals surface area contributed by atoms with Gasteiger partial charge in [0.15, 0.2) is 0 Å². The average molecular weight is 371 g/mol. The molecule has 0 bridgehead atoms. The summed E-state index contributed by atoms with van der Waals surface area (Å²) in [5, 5.41) is 6.00. The molecule has 2 aromatic rings. The van der Waals surface area contributed by atoms with Gasteiger partial charge in [-0.3, -0.25) is 14.4 Å².